The van der Waals surface area contributed by atoms with E-state index in [1.54, 1.807) is 0 Å². The first-order chi connectivity index (χ1) is 22.4. The molecule has 2 unspecified atom stereocenters. The van der Waals surface area contributed by atoms with Gasteiger partial charge in [0.05, 0.1) is 12.6 Å². The molecule has 0 heterocycles. The summed E-state index contributed by atoms with van der Waals surface area (Å²) in [6, 6.07) is 9.33. The van der Waals surface area contributed by atoms with E-state index < -0.39 is 46.8 Å². The van der Waals surface area contributed by atoms with Gasteiger partial charge in [-0.3, -0.25) is 15.4 Å². The number of carboxylic acid groups (broad SMARTS) is 2. The zero-order chi connectivity index (χ0) is 36.8. The summed E-state index contributed by atoms with van der Waals surface area (Å²) in [4.78, 5) is 21.4. The van der Waals surface area contributed by atoms with E-state index in [1.807, 2.05) is 0 Å². The van der Waals surface area contributed by atoms with Crippen molar-refractivity contribution in [3.05, 3.63) is 77.5 Å². The van der Waals surface area contributed by atoms with E-state index >= 15 is 0 Å². The fourth-order valence-electron chi connectivity index (χ4n) is 3.52. The van der Waals surface area contributed by atoms with Gasteiger partial charge in [-0.25, -0.2) is 10.9 Å². The molecule has 264 valence electrons. The van der Waals surface area contributed by atoms with Crippen LogP contribution in [-0.2, 0) is 29.0 Å². The number of benzene rings is 3. The normalized spacial score (nSPS) is 12.9. The number of aromatic hydroxyl groups is 7. The highest BCUT2D eigenvalue weighted by molar-refractivity contribution is 5.78. The number of nitrogens with two attached hydrogens (primary N) is 3. The van der Waals surface area contributed by atoms with Gasteiger partial charge >= 0.3 is 11.9 Å². The second-order valence-corrected chi connectivity index (χ2v) is 10.5. The lowest BCUT2D eigenvalue weighted by Gasteiger charge is -2.23. The molecule has 0 saturated carbocycles. The zero-order valence-corrected chi connectivity index (χ0v) is 25.8. The van der Waals surface area contributed by atoms with Crippen LogP contribution in [0.5, 0.6) is 40.2 Å². The van der Waals surface area contributed by atoms with Crippen LogP contribution in [-0.4, -0.2) is 87.2 Å². The number of rotatable bonds is 13. The average Bonchev–Trinajstić information content (AvgIpc) is 3.04. The Morgan fingerprint density at radius 1 is 0.792 bits per heavy atom. The lowest BCUT2D eigenvalue weighted by Crippen LogP contribution is -2.54. The molecular weight excluding hydrogens is 636 g/mol. The topological polar surface area (TPSA) is 351 Å². The molecule has 0 aliphatic carbocycles. The Balaban J connectivity index is 0.000000363. The van der Waals surface area contributed by atoms with Crippen molar-refractivity contribution >= 4 is 11.9 Å². The third kappa shape index (κ3) is 12.4. The van der Waals surface area contributed by atoms with E-state index in [-0.39, 0.29) is 49.0 Å². The third-order valence-corrected chi connectivity index (χ3v) is 6.59. The van der Waals surface area contributed by atoms with Gasteiger partial charge in [-0.15, -0.1) is 0 Å². The number of carboxylic acids is 2. The van der Waals surface area contributed by atoms with Gasteiger partial charge in [0, 0.05) is 24.2 Å². The molecule has 18 heteroatoms. The van der Waals surface area contributed by atoms with E-state index in [0.29, 0.717) is 22.4 Å². The molecule has 0 saturated heterocycles. The van der Waals surface area contributed by atoms with Crippen molar-refractivity contribution < 1.29 is 60.7 Å². The molecule has 48 heavy (non-hydrogen) atoms. The van der Waals surface area contributed by atoms with E-state index in [9.17, 15) is 24.9 Å². The van der Waals surface area contributed by atoms with Gasteiger partial charge in [0.1, 0.15) is 11.6 Å². The SMILES string of the molecule is C=C(NNCc1ccc(O)c(O)c1O)C(N)CO.CC(Cc1ccc(O)c(O)c1)(NN)C(=O)O.N[C@H](Cc1ccc(O)c(O)c1)C(=O)O. The Morgan fingerprint density at radius 2 is 1.31 bits per heavy atom. The maximum atomic E-state index is 11.0. The summed E-state index contributed by atoms with van der Waals surface area (Å²) in [5.41, 5.74) is 18.9. The second-order valence-electron chi connectivity index (χ2n) is 10.5. The monoisotopic (exact) mass is 678 g/mol. The van der Waals surface area contributed by atoms with Crippen LogP contribution in [0.4, 0.5) is 0 Å². The molecule has 0 bridgehead atoms. The number of hydrogen-bond acceptors (Lipinski definition) is 16. The highest BCUT2D eigenvalue weighted by atomic mass is 16.4. The van der Waals surface area contributed by atoms with Crippen molar-refractivity contribution in [2.45, 2.75) is 43.9 Å². The van der Waals surface area contributed by atoms with E-state index in [1.165, 1.54) is 55.5 Å². The Hall–Kier alpha value is -5.50. The number of phenolic OH excluding ortho intramolecular Hbond substituents is 7. The molecule has 0 aliphatic rings. The van der Waals surface area contributed by atoms with E-state index in [0.717, 1.165) is 0 Å². The first kappa shape index (κ1) is 40.5. The summed E-state index contributed by atoms with van der Waals surface area (Å²) >= 11 is 0. The highest BCUT2D eigenvalue weighted by Gasteiger charge is 2.32. The molecular formula is C30H42N6O12. The van der Waals surface area contributed by atoms with Crippen molar-refractivity contribution in [1.82, 2.24) is 16.3 Å². The summed E-state index contributed by atoms with van der Waals surface area (Å²) < 4.78 is 0. The van der Waals surface area contributed by atoms with Crippen molar-refractivity contribution in [3.8, 4) is 40.2 Å². The molecule has 0 aromatic heterocycles. The van der Waals surface area contributed by atoms with Gasteiger partial charge in [-0.1, -0.05) is 24.8 Å². The molecule has 3 atom stereocenters. The first-order valence-electron chi connectivity index (χ1n) is 13.8. The Morgan fingerprint density at radius 3 is 1.79 bits per heavy atom. The van der Waals surface area contributed by atoms with Crippen molar-refractivity contribution in [2.24, 2.45) is 17.3 Å². The Bertz CT molecular complexity index is 1560. The van der Waals surface area contributed by atoms with Crippen LogP contribution in [0.25, 0.3) is 0 Å². The van der Waals surface area contributed by atoms with Crippen LogP contribution < -0.4 is 33.6 Å². The van der Waals surface area contributed by atoms with Crippen LogP contribution in [0.3, 0.4) is 0 Å². The zero-order valence-electron chi connectivity index (χ0n) is 25.8. The molecule has 18 nitrogen and oxygen atoms in total. The molecule has 0 spiro atoms. The summed E-state index contributed by atoms with van der Waals surface area (Å²) in [6.07, 6.45) is 0.204. The number of hydrogen-bond donors (Lipinski definition) is 16. The van der Waals surface area contributed by atoms with Crippen molar-refractivity contribution in [1.29, 1.82) is 0 Å². The van der Waals surface area contributed by atoms with E-state index in [2.05, 4.69) is 22.9 Å². The second kappa shape index (κ2) is 18.6. The maximum absolute atomic E-state index is 11.0. The van der Waals surface area contributed by atoms with Crippen molar-refractivity contribution in [2.75, 3.05) is 6.61 Å². The number of aliphatic carboxylic acids is 2. The number of aliphatic hydroxyl groups excluding tert-OH is 1. The number of nitrogens with one attached hydrogen (secondary N) is 3. The summed E-state index contributed by atoms with van der Waals surface area (Å²) in [6.45, 7) is 4.96. The molecule has 0 aliphatic heterocycles. The number of phenols is 7. The van der Waals surface area contributed by atoms with E-state index in [4.69, 9.17) is 53.1 Å². The Labute approximate surface area is 274 Å². The lowest BCUT2D eigenvalue weighted by atomic mass is 9.93. The predicted octanol–water partition coefficient (Wildman–Crippen LogP) is -0.770. The summed E-state index contributed by atoms with van der Waals surface area (Å²) in [7, 11) is 0. The standard InChI is InChI=1S/C11H17N3O4.C10H14N2O4.C9H11NO4/c1-6(8(12)5-15)14-13-4-7-2-3-9(16)11(18)10(7)17;1-10(12-11,9(15)16)5-6-2-3-7(13)8(14)4-6;10-6(9(13)14)3-5-1-2-7(11)8(12)4-5/h2-3,8,13-18H,1,4-5,12H2;2-4,12-14H,5,11H2,1H3,(H,15,16);1-2,4,6,11-12H,3,10H2,(H,13,14)/t;;6-/m..1/s1. The number of aliphatic hydroxyl groups is 1. The first-order valence-corrected chi connectivity index (χ1v) is 13.8. The van der Waals surface area contributed by atoms with Gasteiger partial charge < -0.3 is 68.0 Å². The van der Waals surface area contributed by atoms with Crippen molar-refractivity contribution in [3.63, 3.8) is 0 Å². The number of carbonyl (C=O) groups is 2. The molecule has 0 fully saturated rings. The lowest BCUT2D eigenvalue weighted by molar-refractivity contribution is -0.144. The van der Waals surface area contributed by atoms with Crippen LogP contribution in [0, 0.1) is 0 Å². The third-order valence-electron chi connectivity index (χ3n) is 6.59. The quantitative estimate of drug-likeness (QED) is 0.0599. The fraction of sp³-hybridized carbons (Fsp3) is 0.267. The number of hydrazine groups is 2. The molecule has 19 N–H and O–H groups in total. The predicted molar refractivity (Wildman–Crippen MR) is 172 cm³/mol. The van der Waals surface area contributed by atoms with Crippen LogP contribution in [0.1, 0.15) is 23.6 Å². The van der Waals surface area contributed by atoms with Gasteiger partial charge in [0.15, 0.2) is 34.5 Å². The molecule has 0 radical (unpaired) electrons. The molecule has 3 rings (SSSR count). The highest BCUT2D eigenvalue weighted by Crippen LogP contribution is 2.36. The molecule has 3 aromatic carbocycles. The summed E-state index contributed by atoms with van der Waals surface area (Å²) in [5.74, 6) is 0.569. The smallest absolute Gasteiger partial charge is 0.325 e. The molecule has 3 aromatic rings. The summed E-state index contributed by atoms with van der Waals surface area (Å²) in [5, 5.41) is 90.7. The largest absolute Gasteiger partial charge is 0.504 e. The van der Waals surface area contributed by atoms with Gasteiger partial charge in [-0.05, 0) is 54.8 Å². The minimum absolute atomic E-state index is 0.0900. The molecule has 0 amide bonds. The van der Waals surface area contributed by atoms with Gasteiger partial charge in [-0.2, -0.15) is 0 Å². The maximum Gasteiger partial charge on any atom is 0.325 e. The van der Waals surface area contributed by atoms with Gasteiger partial charge in [0.2, 0.25) is 5.75 Å². The Kier molecular flexibility index (Phi) is 15.7. The van der Waals surface area contributed by atoms with Crippen LogP contribution >= 0.6 is 0 Å². The average molecular weight is 679 g/mol. The van der Waals surface area contributed by atoms with Crippen LogP contribution in [0.15, 0.2) is 60.8 Å². The minimum atomic E-state index is -1.32. The van der Waals surface area contributed by atoms with Crippen LogP contribution in [0.2, 0.25) is 0 Å². The fourth-order valence-corrected chi connectivity index (χ4v) is 3.52. The minimum Gasteiger partial charge on any atom is -0.504 e. The van der Waals surface area contributed by atoms with Gasteiger partial charge in [0.25, 0.3) is 0 Å².